The molecule has 1 heterocycles. The summed E-state index contributed by atoms with van der Waals surface area (Å²) in [5, 5.41) is 0.528. The number of ketones is 1. The van der Waals surface area contributed by atoms with Gasteiger partial charge in [0.05, 0.1) is 11.0 Å². The third kappa shape index (κ3) is 3.99. The van der Waals surface area contributed by atoms with Gasteiger partial charge in [0, 0.05) is 12.1 Å². The first-order valence-electron chi connectivity index (χ1n) is 9.86. The Balaban J connectivity index is 1.77. The van der Waals surface area contributed by atoms with E-state index in [4.69, 9.17) is 4.98 Å². The lowest BCUT2D eigenvalue weighted by Crippen LogP contribution is -2.11. The van der Waals surface area contributed by atoms with E-state index in [0.29, 0.717) is 0 Å². The molecule has 146 valence electrons. The Morgan fingerprint density at radius 1 is 0.931 bits per heavy atom. The van der Waals surface area contributed by atoms with E-state index >= 15 is 0 Å². The summed E-state index contributed by atoms with van der Waals surface area (Å²) in [4.78, 5) is 18.3. The third-order valence-electron chi connectivity index (χ3n) is 5.11. The fraction of sp³-hybridized carbons (Fsp3) is 0.200. The first-order valence-corrected chi connectivity index (χ1v) is 10.7. The monoisotopic (exact) mass is 400 g/mol. The van der Waals surface area contributed by atoms with Crippen molar-refractivity contribution >= 4 is 28.6 Å². The van der Waals surface area contributed by atoms with Crippen LogP contribution in [0.4, 0.5) is 0 Å². The Morgan fingerprint density at radius 3 is 2.21 bits per heavy atom. The number of carbonyl (C=O) groups is 1. The van der Waals surface area contributed by atoms with Crippen molar-refractivity contribution in [2.45, 2.75) is 37.7 Å². The van der Waals surface area contributed by atoms with E-state index in [1.165, 1.54) is 17.3 Å². The number of rotatable bonds is 6. The molecular formula is C25H24N2OS. The van der Waals surface area contributed by atoms with Crippen LogP contribution in [0, 0.1) is 13.8 Å². The van der Waals surface area contributed by atoms with Gasteiger partial charge in [-0.2, -0.15) is 0 Å². The van der Waals surface area contributed by atoms with E-state index in [-0.39, 0.29) is 11.0 Å². The molecule has 0 fully saturated rings. The Bertz CT molecular complexity index is 1140. The van der Waals surface area contributed by atoms with Gasteiger partial charge in [-0.25, -0.2) is 4.98 Å². The second kappa shape index (κ2) is 8.26. The average molecular weight is 401 g/mol. The molecule has 0 spiro atoms. The summed E-state index contributed by atoms with van der Waals surface area (Å²) in [5.41, 5.74) is 6.12. The van der Waals surface area contributed by atoms with Gasteiger partial charge in [0.2, 0.25) is 0 Å². The molecule has 0 aliphatic heterocycles. The van der Waals surface area contributed by atoms with E-state index in [9.17, 15) is 4.79 Å². The van der Waals surface area contributed by atoms with Gasteiger partial charge >= 0.3 is 0 Å². The standard InChI is InChI=1S/C25H24N2OS/c1-4-27-22-8-6-5-7-21(22)26-25(27)29-24(20-15-11-18(3)12-16-20)23(28)19-13-9-17(2)10-14-19/h5-16,24H,4H2,1-3H3/t24-/m0/s1. The van der Waals surface area contributed by atoms with Gasteiger partial charge in [0.1, 0.15) is 5.25 Å². The summed E-state index contributed by atoms with van der Waals surface area (Å²) >= 11 is 1.53. The molecular weight excluding hydrogens is 376 g/mol. The molecule has 1 atom stereocenters. The van der Waals surface area contributed by atoms with Gasteiger partial charge < -0.3 is 4.57 Å². The van der Waals surface area contributed by atoms with Crippen molar-refractivity contribution in [3.05, 3.63) is 95.1 Å². The largest absolute Gasteiger partial charge is 0.319 e. The molecule has 0 N–H and O–H groups in total. The average Bonchev–Trinajstić information content (AvgIpc) is 3.10. The number of aryl methyl sites for hydroxylation is 3. The minimum Gasteiger partial charge on any atom is -0.319 e. The Morgan fingerprint density at radius 2 is 1.55 bits per heavy atom. The van der Waals surface area contributed by atoms with Gasteiger partial charge in [0.25, 0.3) is 0 Å². The number of Topliss-reactive ketones (excluding diaryl/α,β-unsaturated/α-hetero) is 1. The van der Waals surface area contributed by atoms with Crippen LogP contribution in [0.15, 0.2) is 78.0 Å². The van der Waals surface area contributed by atoms with Crippen LogP contribution in [0.5, 0.6) is 0 Å². The van der Waals surface area contributed by atoms with E-state index in [1.807, 2.05) is 49.4 Å². The summed E-state index contributed by atoms with van der Waals surface area (Å²) < 4.78 is 2.18. The first-order chi connectivity index (χ1) is 14.1. The van der Waals surface area contributed by atoms with Crippen molar-refractivity contribution in [1.29, 1.82) is 0 Å². The summed E-state index contributed by atoms with van der Waals surface area (Å²) in [6.07, 6.45) is 0. The number of carbonyl (C=O) groups excluding carboxylic acids is 1. The summed E-state index contributed by atoms with van der Waals surface area (Å²) in [6, 6.07) is 24.2. The van der Waals surface area contributed by atoms with Crippen molar-refractivity contribution < 1.29 is 4.79 Å². The number of nitrogens with zero attached hydrogens (tertiary/aromatic N) is 2. The zero-order chi connectivity index (χ0) is 20.4. The summed E-state index contributed by atoms with van der Waals surface area (Å²) in [5.74, 6) is 0.105. The lowest BCUT2D eigenvalue weighted by Gasteiger charge is -2.17. The van der Waals surface area contributed by atoms with Gasteiger partial charge in [-0.15, -0.1) is 0 Å². The first kappa shape index (κ1) is 19.5. The fourth-order valence-corrected chi connectivity index (χ4v) is 4.69. The van der Waals surface area contributed by atoms with Crippen LogP contribution in [0.1, 0.15) is 39.2 Å². The van der Waals surface area contributed by atoms with Gasteiger partial charge in [-0.1, -0.05) is 83.6 Å². The van der Waals surface area contributed by atoms with Gasteiger partial charge in [0.15, 0.2) is 10.9 Å². The number of para-hydroxylation sites is 2. The molecule has 0 unspecified atom stereocenters. The SMILES string of the molecule is CCn1c(S[C@H](C(=O)c2ccc(C)cc2)c2ccc(C)cc2)nc2ccccc21. The molecule has 29 heavy (non-hydrogen) atoms. The molecule has 0 bridgehead atoms. The van der Waals surface area contributed by atoms with Crippen LogP contribution in [0.2, 0.25) is 0 Å². The molecule has 4 aromatic rings. The van der Waals surface area contributed by atoms with Crippen LogP contribution in [-0.4, -0.2) is 15.3 Å². The van der Waals surface area contributed by atoms with Crippen molar-refractivity contribution in [2.75, 3.05) is 0 Å². The van der Waals surface area contributed by atoms with Crippen LogP contribution in [0.25, 0.3) is 11.0 Å². The van der Waals surface area contributed by atoms with Crippen LogP contribution < -0.4 is 0 Å². The number of thioether (sulfide) groups is 1. The molecule has 0 aliphatic carbocycles. The maximum absolute atomic E-state index is 13.5. The fourth-order valence-electron chi connectivity index (χ4n) is 3.44. The second-order valence-electron chi connectivity index (χ2n) is 7.27. The highest BCUT2D eigenvalue weighted by Gasteiger charge is 2.26. The van der Waals surface area contributed by atoms with Gasteiger partial charge in [-0.05, 0) is 38.5 Å². The zero-order valence-electron chi connectivity index (χ0n) is 16.9. The predicted octanol–water partition coefficient (Wildman–Crippen LogP) is 6.39. The summed E-state index contributed by atoms with van der Waals surface area (Å²) in [7, 11) is 0. The molecule has 1 aromatic heterocycles. The number of aromatic nitrogens is 2. The topological polar surface area (TPSA) is 34.9 Å². The molecule has 3 aromatic carbocycles. The number of imidazole rings is 1. The predicted molar refractivity (Wildman–Crippen MR) is 121 cm³/mol. The number of hydrogen-bond acceptors (Lipinski definition) is 3. The van der Waals surface area contributed by atoms with Crippen molar-refractivity contribution in [1.82, 2.24) is 9.55 Å². The smallest absolute Gasteiger partial charge is 0.180 e. The van der Waals surface area contributed by atoms with E-state index in [0.717, 1.165) is 39.4 Å². The molecule has 0 amide bonds. The van der Waals surface area contributed by atoms with Gasteiger partial charge in [-0.3, -0.25) is 4.79 Å². The van der Waals surface area contributed by atoms with E-state index in [1.54, 1.807) is 0 Å². The summed E-state index contributed by atoms with van der Waals surface area (Å²) in [6.45, 7) is 7.01. The number of hydrogen-bond donors (Lipinski definition) is 0. The van der Waals surface area contributed by atoms with E-state index in [2.05, 4.69) is 48.7 Å². The number of fused-ring (bicyclic) bond motifs is 1. The van der Waals surface area contributed by atoms with E-state index < -0.39 is 0 Å². The molecule has 0 radical (unpaired) electrons. The molecule has 0 aliphatic rings. The molecule has 0 saturated heterocycles. The van der Waals surface area contributed by atoms with Crippen molar-refractivity contribution in [2.24, 2.45) is 0 Å². The minimum absolute atomic E-state index is 0.105. The highest BCUT2D eigenvalue weighted by Crippen LogP contribution is 2.38. The van der Waals surface area contributed by atoms with Crippen LogP contribution in [-0.2, 0) is 6.54 Å². The number of benzene rings is 3. The van der Waals surface area contributed by atoms with Crippen LogP contribution in [0.3, 0.4) is 0 Å². The highest BCUT2D eigenvalue weighted by molar-refractivity contribution is 8.00. The quantitative estimate of drug-likeness (QED) is 0.278. The molecule has 4 heteroatoms. The highest BCUT2D eigenvalue weighted by atomic mass is 32.2. The zero-order valence-corrected chi connectivity index (χ0v) is 17.7. The maximum Gasteiger partial charge on any atom is 0.180 e. The Labute approximate surface area is 175 Å². The Kier molecular flexibility index (Phi) is 5.54. The maximum atomic E-state index is 13.5. The Hall–Kier alpha value is -2.85. The minimum atomic E-state index is -0.347. The van der Waals surface area contributed by atoms with Crippen LogP contribution >= 0.6 is 11.8 Å². The third-order valence-corrected chi connectivity index (χ3v) is 6.36. The lowest BCUT2D eigenvalue weighted by molar-refractivity contribution is 0.0989. The van der Waals surface area contributed by atoms with Crippen molar-refractivity contribution in [3.63, 3.8) is 0 Å². The molecule has 0 saturated carbocycles. The van der Waals surface area contributed by atoms with Crippen molar-refractivity contribution in [3.8, 4) is 0 Å². The molecule has 4 rings (SSSR count). The molecule has 3 nitrogen and oxygen atoms in total. The second-order valence-corrected chi connectivity index (χ2v) is 8.34. The normalized spacial score (nSPS) is 12.2. The lowest BCUT2D eigenvalue weighted by atomic mass is 10.0.